The zero-order chi connectivity index (χ0) is 22.9. The molecule has 0 radical (unpaired) electrons. The van der Waals surface area contributed by atoms with E-state index in [0.717, 1.165) is 17.2 Å². The van der Waals surface area contributed by atoms with Crippen LogP contribution in [0.3, 0.4) is 0 Å². The van der Waals surface area contributed by atoms with Gasteiger partial charge in [0.25, 0.3) is 0 Å². The maximum atomic E-state index is 12.8. The number of carbonyl (C=O) groups excluding carboxylic acids is 1. The molecular weight excluding hydrogens is 396 g/mol. The van der Waals surface area contributed by atoms with Gasteiger partial charge in [0.2, 0.25) is 5.78 Å². The van der Waals surface area contributed by atoms with E-state index in [0.29, 0.717) is 29.5 Å². The smallest absolute Gasteiger partial charge is 0.235 e. The first kappa shape index (κ1) is 22.0. The number of hydrogen-bond donors (Lipinski definition) is 4. The van der Waals surface area contributed by atoms with E-state index >= 15 is 0 Å². The molecule has 6 nitrogen and oxygen atoms in total. The number of phenols is 4. The Morgan fingerprint density at radius 2 is 1.55 bits per heavy atom. The lowest BCUT2D eigenvalue weighted by molar-refractivity contribution is 0.101. The molecule has 2 aromatic rings. The van der Waals surface area contributed by atoms with Crippen LogP contribution in [0.5, 0.6) is 28.7 Å². The fourth-order valence-electron chi connectivity index (χ4n) is 3.31. The van der Waals surface area contributed by atoms with Gasteiger partial charge in [0.1, 0.15) is 22.8 Å². The number of carbonyl (C=O) groups is 1. The van der Waals surface area contributed by atoms with Crippen molar-refractivity contribution >= 4 is 11.9 Å². The van der Waals surface area contributed by atoms with Crippen molar-refractivity contribution in [3.63, 3.8) is 0 Å². The van der Waals surface area contributed by atoms with Crippen LogP contribution in [-0.4, -0.2) is 26.2 Å². The molecule has 6 heteroatoms. The Balaban J connectivity index is 2.14. The molecule has 0 aromatic heterocycles. The SMILES string of the molecule is CC(C)=CCc1cc(/C=C2/Oc3cc(O)cc(O)c3C2=O)c(CC=C(C)C)c(O)c1O. The molecule has 2 aromatic carbocycles. The number of Topliss-reactive ketones (excluding diaryl/α,β-unsaturated/α-hetero) is 1. The molecule has 4 N–H and O–H groups in total. The molecule has 0 aliphatic carbocycles. The van der Waals surface area contributed by atoms with Crippen LogP contribution < -0.4 is 4.74 Å². The molecular formula is C25H26O6. The fourth-order valence-corrected chi connectivity index (χ4v) is 3.31. The van der Waals surface area contributed by atoms with E-state index < -0.39 is 5.78 Å². The van der Waals surface area contributed by atoms with Gasteiger partial charge in [0.15, 0.2) is 17.3 Å². The summed E-state index contributed by atoms with van der Waals surface area (Å²) in [5.41, 5.74) is 3.55. The van der Waals surface area contributed by atoms with Gasteiger partial charge in [-0.15, -0.1) is 0 Å². The van der Waals surface area contributed by atoms with E-state index in [2.05, 4.69) is 0 Å². The van der Waals surface area contributed by atoms with Crippen molar-refractivity contribution in [3.8, 4) is 28.7 Å². The first-order valence-corrected chi connectivity index (χ1v) is 9.92. The summed E-state index contributed by atoms with van der Waals surface area (Å²) >= 11 is 0. The Bertz CT molecular complexity index is 1140. The molecule has 0 atom stereocenters. The molecule has 0 spiro atoms. The standard InChI is InChI=1S/C25H26O6/c1-13(2)5-7-15-9-16(18(8-6-14(3)4)24(29)23(15)28)10-21-25(30)22-19(27)11-17(26)12-20(22)31-21/h5-6,9-12,26-29H,7-8H2,1-4H3/b21-10+. The summed E-state index contributed by atoms with van der Waals surface area (Å²) in [6, 6.07) is 4.05. The van der Waals surface area contributed by atoms with Gasteiger partial charge in [-0.25, -0.2) is 0 Å². The highest BCUT2D eigenvalue weighted by molar-refractivity contribution is 6.16. The number of ether oxygens (including phenoxy) is 1. The van der Waals surface area contributed by atoms with Crippen LogP contribution in [0.4, 0.5) is 0 Å². The maximum Gasteiger partial charge on any atom is 0.235 e. The molecule has 0 saturated carbocycles. The zero-order valence-electron chi connectivity index (χ0n) is 18.0. The van der Waals surface area contributed by atoms with E-state index in [9.17, 15) is 25.2 Å². The Hall–Kier alpha value is -3.67. The molecule has 1 heterocycles. The average molecular weight is 422 g/mol. The first-order chi connectivity index (χ1) is 14.6. The van der Waals surface area contributed by atoms with Crippen molar-refractivity contribution < 1.29 is 30.0 Å². The zero-order valence-corrected chi connectivity index (χ0v) is 18.0. The summed E-state index contributed by atoms with van der Waals surface area (Å²) < 4.78 is 5.59. The average Bonchev–Trinajstić information content (AvgIpc) is 2.98. The molecule has 0 fully saturated rings. The number of rotatable bonds is 5. The third kappa shape index (κ3) is 4.58. The first-order valence-electron chi connectivity index (χ1n) is 9.92. The van der Waals surface area contributed by atoms with E-state index in [1.165, 1.54) is 12.1 Å². The van der Waals surface area contributed by atoms with Gasteiger partial charge in [-0.1, -0.05) is 23.3 Å². The highest BCUT2D eigenvalue weighted by Crippen LogP contribution is 2.42. The van der Waals surface area contributed by atoms with E-state index in [-0.39, 0.29) is 40.1 Å². The van der Waals surface area contributed by atoms with Gasteiger partial charge in [-0.2, -0.15) is 0 Å². The van der Waals surface area contributed by atoms with Crippen LogP contribution >= 0.6 is 0 Å². The minimum Gasteiger partial charge on any atom is -0.508 e. The molecule has 0 unspecified atom stereocenters. The summed E-state index contributed by atoms with van der Waals surface area (Å²) in [5.74, 6) is -1.54. The molecule has 162 valence electrons. The van der Waals surface area contributed by atoms with Gasteiger partial charge in [-0.3, -0.25) is 4.79 Å². The predicted molar refractivity (Wildman–Crippen MR) is 119 cm³/mol. The van der Waals surface area contributed by atoms with Gasteiger partial charge < -0.3 is 25.2 Å². The minimum atomic E-state index is -0.529. The predicted octanol–water partition coefficient (Wildman–Crippen LogP) is 5.14. The number of fused-ring (bicyclic) bond motifs is 1. The largest absolute Gasteiger partial charge is 0.508 e. The van der Waals surface area contributed by atoms with Crippen LogP contribution in [0, 0.1) is 0 Å². The number of benzene rings is 2. The quantitative estimate of drug-likeness (QED) is 0.302. The van der Waals surface area contributed by atoms with E-state index in [1.54, 1.807) is 6.07 Å². The number of hydrogen-bond acceptors (Lipinski definition) is 6. The summed E-state index contributed by atoms with van der Waals surface area (Å²) in [7, 11) is 0. The molecule has 0 saturated heterocycles. The van der Waals surface area contributed by atoms with Crippen LogP contribution in [-0.2, 0) is 12.8 Å². The Kier molecular flexibility index (Phi) is 6.11. The van der Waals surface area contributed by atoms with Crippen LogP contribution in [0.15, 0.2) is 47.3 Å². The number of aromatic hydroxyl groups is 4. The lowest BCUT2D eigenvalue weighted by Crippen LogP contribution is -2.01. The van der Waals surface area contributed by atoms with Crippen molar-refractivity contribution in [2.45, 2.75) is 40.5 Å². The van der Waals surface area contributed by atoms with Crippen molar-refractivity contribution in [2.24, 2.45) is 0 Å². The van der Waals surface area contributed by atoms with E-state index in [4.69, 9.17) is 4.74 Å². The van der Waals surface area contributed by atoms with Crippen molar-refractivity contribution in [3.05, 3.63) is 69.5 Å². The van der Waals surface area contributed by atoms with Gasteiger partial charge in [0, 0.05) is 23.3 Å². The third-order valence-corrected chi connectivity index (χ3v) is 4.96. The minimum absolute atomic E-state index is 0.0253. The van der Waals surface area contributed by atoms with Gasteiger partial charge >= 0.3 is 0 Å². The monoisotopic (exact) mass is 422 g/mol. The Morgan fingerprint density at radius 3 is 2.19 bits per heavy atom. The van der Waals surface area contributed by atoms with Gasteiger partial charge in [0.05, 0.1) is 0 Å². The van der Waals surface area contributed by atoms with Crippen molar-refractivity contribution in [1.82, 2.24) is 0 Å². The number of phenolic OH excluding ortho intramolecular Hbond substituents is 4. The third-order valence-electron chi connectivity index (χ3n) is 4.96. The fraction of sp³-hybridized carbons (Fsp3) is 0.240. The second-order valence-corrected chi connectivity index (χ2v) is 8.05. The summed E-state index contributed by atoms with van der Waals surface area (Å²) in [5, 5.41) is 40.9. The second kappa shape index (κ2) is 8.60. The highest BCUT2D eigenvalue weighted by Gasteiger charge is 2.31. The van der Waals surface area contributed by atoms with E-state index in [1.807, 2.05) is 39.8 Å². The normalized spacial score (nSPS) is 13.7. The molecule has 0 bridgehead atoms. The molecule has 31 heavy (non-hydrogen) atoms. The summed E-state index contributed by atoms with van der Waals surface area (Å²) in [6.07, 6.45) is 6.07. The number of allylic oxidation sites excluding steroid dienone is 5. The highest BCUT2D eigenvalue weighted by atomic mass is 16.5. The molecule has 0 amide bonds. The van der Waals surface area contributed by atoms with Crippen molar-refractivity contribution in [2.75, 3.05) is 0 Å². The Labute approximate surface area is 181 Å². The maximum absolute atomic E-state index is 12.8. The van der Waals surface area contributed by atoms with Crippen LogP contribution in [0.1, 0.15) is 54.7 Å². The lowest BCUT2D eigenvalue weighted by Gasteiger charge is -2.14. The Morgan fingerprint density at radius 1 is 0.903 bits per heavy atom. The molecule has 1 aliphatic heterocycles. The molecule has 3 rings (SSSR count). The van der Waals surface area contributed by atoms with Crippen molar-refractivity contribution in [1.29, 1.82) is 0 Å². The molecule has 1 aliphatic rings. The summed E-state index contributed by atoms with van der Waals surface area (Å²) in [6.45, 7) is 7.72. The topological polar surface area (TPSA) is 107 Å². The number of ketones is 1. The second-order valence-electron chi connectivity index (χ2n) is 8.05. The lowest BCUT2D eigenvalue weighted by atomic mass is 9.95. The van der Waals surface area contributed by atoms with Gasteiger partial charge in [-0.05, 0) is 58.2 Å². The van der Waals surface area contributed by atoms with Crippen LogP contribution in [0.25, 0.3) is 6.08 Å². The van der Waals surface area contributed by atoms with Crippen LogP contribution in [0.2, 0.25) is 0 Å². The summed E-state index contributed by atoms with van der Waals surface area (Å²) in [4.78, 5) is 12.8.